The molecular formula is C29H28F3N3O4. The summed E-state index contributed by atoms with van der Waals surface area (Å²) in [5.41, 5.74) is 2.01. The van der Waals surface area contributed by atoms with E-state index in [-0.39, 0.29) is 28.4 Å². The molecule has 4 rings (SSSR count). The van der Waals surface area contributed by atoms with E-state index in [1.165, 1.54) is 12.1 Å². The van der Waals surface area contributed by atoms with Crippen LogP contribution in [0.1, 0.15) is 66.8 Å². The van der Waals surface area contributed by atoms with E-state index in [4.69, 9.17) is 0 Å². The average Bonchev–Trinajstić information content (AvgIpc) is 3.13. The second-order valence-corrected chi connectivity index (χ2v) is 10.0. The van der Waals surface area contributed by atoms with E-state index in [0.29, 0.717) is 18.0 Å². The van der Waals surface area contributed by atoms with Crippen molar-refractivity contribution in [2.24, 2.45) is 5.92 Å². The van der Waals surface area contributed by atoms with Gasteiger partial charge >= 0.3 is 6.36 Å². The molecule has 0 saturated carbocycles. The van der Waals surface area contributed by atoms with Gasteiger partial charge in [0, 0.05) is 5.56 Å². The molecule has 0 aliphatic carbocycles. The van der Waals surface area contributed by atoms with Crippen molar-refractivity contribution in [3.8, 4) is 5.75 Å². The second-order valence-electron chi connectivity index (χ2n) is 10.0. The molecule has 10 heteroatoms. The Morgan fingerprint density at radius 1 is 0.974 bits per heavy atom. The van der Waals surface area contributed by atoms with E-state index in [2.05, 4.69) is 14.9 Å². The van der Waals surface area contributed by atoms with Crippen LogP contribution in [0.25, 0.3) is 0 Å². The smallest absolute Gasteiger partial charge is 0.503 e. The summed E-state index contributed by atoms with van der Waals surface area (Å²) in [6.45, 7) is 8.06. The summed E-state index contributed by atoms with van der Waals surface area (Å²) in [4.78, 5) is 28.1. The van der Waals surface area contributed by atoms with Crippen LogP contribution in [0.2, 0.25) is 0 Å². The molecule has 1 amide bonds. The summed E-state index contributed by atoms with van der Waals surface area (Å²) in [5, 5.41) is 19.3. The third-order valence-electron chi connectivity index (χ3n) is 6.29. The monoisotopic (exact) mass is 539 g/mol. The van der Waals surface area contributed by atoms with Crippen LogP contribution in [0.3, 0.4) is 0 Å². The number of Topliss-reactive ketones (excluding diaryl/α,β-unsaturated/α-hetero) is 1. The fourth-order valence-electron chi connectivity index (χ4n) is 4.42. The molecule has 0 fully saturated rings. The van der Waals surface area contributed by atoms with Gasteiger partial charge in [-0.1, -0.05) is 64.1 Å². The number of rotatable bonds is 8. The zero-order valence-electron chi connectivity index (χ0n) is 21.9. The molecule has 0 saturated heterocycles. The van der Waals surface area contributed by atoms with Gasteiger partial charge in [-0.05, 0) is 53.6 Å². The number of halogens is 3. The average molecular weight is 540 g/mol. The van der Waals surface area contributed by atoms with Crippen molar-refractivity contribution < 1.29 is 32.6 Å². The number of hydrogen-bond donors (Lipinski definition) is 1. The highest BCUT2D eigenvalue weighted by molar-refractivity contribution is 6.20. The van der Waals surface area contributed by atoms with E-state index < -0.39 is 35.6 Å². The molecule has 2 heterocycles. The van der Waals surface area contributed by atoms with E-state index in [0.717, 1.165) is 22.6 Å². The molecule has 1 aliphatic heterocycles. The lowest BCUT2D eigenvalue weighted by atomic mass is 9.91. The molecular weight excluding hydrogens is 511 g/mol. The quantitative estimate of drug-likeness (QED) is 0.330. The Morgan fingerprint density at radius 2 is 1.62 bits per heavy atom. The SMILES string of the molecule is CC(C)Cc1ccc(N2C(=O)C(O)=C(C(=O)c3ccc(C(C)C)cc3)C2c2ccc(OC(F)(F)F)cc2)nn1. The van der Waals surface area contributed by atoms with Crippen LogP contribution in [-0.4, -0.2) is 33.4 Å². The Kier molecular flexibility index (Phi) is 7.76. The number of carbonyl (C=O) groups is 2. The predicted molar refractivity (Wildman–Crippen MR) is 138 cm³/mol. The third kappa shape index (κ3) is 6.10. The molecule has 1 atom stereocenters. The van der Waals surface area contributed by atoms with Crippen LogP contribution in [0, 0.1) is 5.92 Å². The van der Waals surface area contributed by atoms with Gasteiger partial charge in [0.05, 0.1) is 17.3 Å². The van der Waals surface area contributed by atoms with Gasteiger partial charge < -0.3 is 9.84 Å². The summed E-state index contributed by atoms with van der Waals surface area (Å²) in [5.74, 6) is -2.06. The van der Waals surface area contributed by atoms with Gasteiger partial charge in [0.15, 0.2) is 17.4 Å². The van der Waals surface area contributed by atoms with E-state index in [1.54, 1.807) is 36.4 Å². The van der Waals surface area contributed by atoms with Gasteiger partial charge in [0.25, 0.3) is 5.91 Å². The van der Waals surface area contributed by atoms with E-state index >= 15 is 0 Å². The number of carbonyl (C=O) groups excluding carboxylic acids is 2. The van der Waals surface area contributed by atoms with Crippen LogP contribution in [0.15, 0.2) is 72.0 Å². The molecule has 39 heavy (non-hydrogen) atoms. The van der Waals surface area contributed by atoms with Gasteiger partial charge in [-0.25, -0.2) is 0 Å². The van der Waals surface area contributed by atoms with Crippen LogP contribution < -0.4 is 9.64 Å². The number of alkyl halides is 3. The van der Waals surface area contributed by atoms with Gasteiger partial charge in [-0.15, -0.1) is 18.3 Å². The van der Waals surface area contributed by atoms with Crippen molar-refractivity contribution >= 4 is 17.5 Å². The highest BCUT2D eigenvalue weighted by Gasteiger charge is 2.45. The number of aliphatic hydroxyl groups is 1. The normalized spacial score (nSPS) is 16.0. The maximum atomic E-state index is 13.7. The summed E-state index contributed by atoms with van der Waals surface area (Å²) in [7, 11) is 0. The lowest BCUT2D eigenvalue weighted by molar-refractivity contribution is -0.274. The summed E-state index contributed by atoms with van der Waals surface area (Å²) in [6.07, 6.45) is -4.23. The van der Waals surface area contributed by atoms with Gasteiger partial charge in [0.1, 0.15) is 5.75 Å². The highest BCUT2D eigenvalue weighted by atomic mass is 19.4. The van der Waals surface area contributed by atoms with Crippen molar-refractivity contribution in [2.45, 2.75) is 52.4 Å². The van der Waals surface area contributed by atoms with Crippen molar-refractivity contribution in [1.29, 1.82) is 0 Å². The Labute approximate surface area is 223 Å². The molecule has 0 bridgehead atoms. The first-order valence-electron chi connectivity index (χ1n) is 12.5. The molecule has 0 radical (unpaired) electrons. The van der Waals surface area contributed by atoms with Gasteiger partial charge in [-0.2, -0.15) is 5.10 Å². The number of ether oxygens (including phenoxy) is 1. The van der Waals surface area contributed by atoms with Crippen LogP contribution in [0.4, 0.5) is 19.0 Å². The number of ketones is 1. The fourth-order valence-corrected chi connectivity index (χ4v) is 4.42. The number of nitrogens with zero attached hydrogens (tertiary/aromatic N) is 3. The van der Waals surface area contributed by atoms with Crippen molar-refractivity contribution in [1.82, 2.24) is 10.2 Å². The van der Waals surface area contributed by atoms with E-state index in [9.17, 15) is 27.9 Å². The van der Waals surface area contributed by atoms with Crippen LogP contribution in [-0.2, 0) is 11.2 Å². The topological polar surface area (TPSA) is 92.6 Å². The Hall–Kier alpha value is -4.21. The number of amides is 1. The summed E-state index contributed by atoms with van der Waals surface area (Å²) in [6, 6.07) is 13.7. The minimum absolute atomic E-state index is 0.0811. The molecule has 7 nitrogen and oxygen atoms in total. The number of aromatic nitrogens is 2. The lowest BCUT2D eigenvalue weighted by Gasteiger charge is -2.26. The molecule has 204 valence electrons. The van der Waals surface area contributed by atoms with Crippen molar-refractivity contribution in [3.63, 3.8) is 0 Å². The standard InChI is InChI=1S/C29H28F3N3O4/c1-16(2)15-21-11-14-23(34-33-21)35-25(19-9-12-22(13-10-19)39-29(30,31)32)24(27(37)28(35)38)26(36)20-7-5-18(6-8-20)17(3)4/h5-14,16-17,25,37H,15H2,1-4H3. The summed E-state index contributed by atoms with van der Waals surface area (Å²) < 4.78 is 42.1. The summed E-state index contributed by atoms with van der Waals surface area (Å²) >= 11 is 0. The first-order chi connectivity index (χ1) is 18.4. The maximum absolute atomic E-state index is 13.7. The minimum atomic E-state index is -4.88. The highest BCUT2D eigenvalue weighted by Crippen LogP contribution is 2.42. The maximum Gasteiger partial charge on any atom is 0.573 e. The number of aliphatic hydroxyl groups excluding tert-OH is 1. The number of anilines is 1. The predicted octanol–water partition coefficient (Wildman–Crippen LogP) is 6.48. The minimum Gasteiger partial charge on any atom is -0.503 e. The van der Waals surface area contributed by atoms with Gasteiger partial charge in [-0.3, -0.25) is 14.5 Å². The molecule has 0 spiro atoms. The molecule has 1 aromatic heterocycles. The number of hydrogen-bond acceptors (Lipinski definition) is 6. The second kappa shape index (κ2) is 10.9. The number of benzene rings is 2. The van der Waals surface area contributed by atoms with Crippen LogP contribution >= 0.6 is 0 Å². The first-order valence-corrected chi connectivity index (χ1v) is 12.5. The molecule has 1 unspecified atom stereocenters. The van der Waals surface area contributed by atoms with Crippen molar-refractivity contribution in [2.75, 3.05) is 4.90 Å². The van der Waals surface area contributed by atoms with Gasteiger partial charge in [0.2, 0.25) is 0 Å². The fraction of sp³-hybridized carbons (Fsp3) is 0.310. The first kappa shape index (κ1) is 27.8. The molecule has 1 aliphatic rings. The third-order valence-corrected chi connectivity index (χ3v) is 6.29. The zero-order valence-corrected chi connectivity index (χ0v) is 21.9. The Balaban J connectivity index is 1.78. The van der Waals surface area contributed by atoms with E-state index in [1.807, 2.05) is 27.7 Å². The Morgan fingerprint density at radius 3 is 2.13 bits per heavy atom. The van der Waals surface area contributed by atoms with Crippen molar-refractivity contribution in [3.05, 3.63) is 94.4 Å². The molecule has 1 N–H and O–H groups in total. The lowest BCUT2D eigenvalue weighted by Crippen LogP contribution is -2.32. The van der Waals surface area contributed by atoms with Crippen LogP contribution in [0.5, 0.6) is 5.75 Å². The molecule has 3 aromatic rings. The zero-order chi connectivity index (χ0) is 28.5. The largest absolute Gasteiger partial charge is 0.573 e. The Bertz CT molecular complexity index is 1380. The molecule has 2 aromatic carbocycles.